The highest BCUT2D eigenvalue weighted by molar-refractivity contribution is 7.89. The van der Waals surface area contributed by atoms with Gasteiger partial charge in [-0.25, -0.2) is 18.5 Å². The summed E-state index contributed by atoms with van der Waals surface area (Å²) in [7, 11) is -3.73. The third kappa shape index (κ3) is 5.38. The molecular formula is C16H22N4O4S. The largest absolute Gasteiger partial charge is 0.446 e. The van der Waals surface area contributed by atoms with E-state index in [2.05, 4.69) is 10.3 Å². The highest BCUT2D eigenvalue weighted by atomic mass is 32.2. The Hall–Kier alpha value is -2.23. The number of benzene rings is 1. The van der Waals surface area contributed by atoms with Gasteiger partial charge in [-0.05, 0) is 30.0 Å². The molecule has 0 aliphatic carbocycles. The van der Waals surface area contributed by atoms with Crippen LogP contribution in [0.15, 0.2) is 39.8 Å². The molecule has 0 saturated heterocycles. The van der Waals surface area contributed by atoms with Crippen molar-refractivity contribution in [2.75, 3.05) is 0 Å². The predicted octanol–water partition coefficient (Wildman–Crippen LogP) is 1.30. The first-order valence-corrected chi connectivity index (χ1v) is 9.32. The number of rotatable bonds is 7. The van der Waals surface area contributed by atoms with E-state index < -0.39 is 15.9 Å². The van der Waals surface area contributed by atoms with Crippen LogP contribution in [0.3, 0.4) is 0 Å². The molecule has 9 heteroatoms. The molecule has 1 aromatic carbocycles. The van der Waals surface area contributed by atoms with Gasteiger partial charge in [0.2, 0.25) is 15.9 Å². The van der Waals surface area contributed by atoms with Gasteiger partial charge in [-0.1, -0.05) is 26.0 Å². The number of primary sulfonamides is 1. The molecule has 0 spiro atoms. The molecule has 0 fully saturated rings. The van der Waals surface area contributed by atoms with Gasteiger partial charge >= 0.3 is 0 Å². The third-order valence-electron chi connectivity index (χ3n) is 3.50. The second-order valence-corrected chi connectivity index (χ2v) is 7.74. The second-order valence-electron chi connectivity index (χ2n) is 6.18. The molecule has 1 aromatic heterocycles. The van der Waals surface area contributed by atoms with Gasteiger partial charge in [-0.3, -0.25) is 4.79 Å². The first-order valence-electron chi connectivity index (χ1n) is 7.77. The lowest BCUT2D eigenvalue weighted by Crippen LogP contribution is -2.23. The number of carbonyl (C=O) groups is 1. The van der Waals surface area contributed by atoms with Gasteiger partial charge in [0.25, 0.3) is 5.91 Å². The maximum atomic E-state index is 12.1. The summed E-state index contributed by atoms with van der Waals surface area (Å²) in [5.74, 6) is 0.318. The highest BCUT2D eigenvalue weighted by Crippen LogP contribution is 2.18. The van der Waals surface area contributed by atoms with Gasteiger partial charge in [0, 0.05) is 6.54 Å². The molecule has 1 amide bonds. The first kappa shape index (κ1) is 19.1. The average Bonchev–Trinajstić information content (AvgIpc) is 3.01. The molecule has 2 rings (SSSR count). The summed E-state index contributed by atoms with van der Waals surface area (Å²) >= 11 is 0. The normalized spacial score (nSPS) is 13.0. The summed E-state index contributed by atoms with van der Waals surface area (Å²) in [5, 5.41) is 7.72. The molecule has 8 nitrogen and oxygen atoms in total. The molecule has 0 bridgehead atoms. The lowest BCUT2D eigenvalue weighted by atomic mass is 10.0. The molecule has 0 aliphatic heterocycles. The van der Waals surface area contributed by atoms with Crippen LogP contribution < -0.4 is 16.2 Å². The second kappa shape index (κ2) is 7.77. The van der Waals surface area contributed by atoms with Crippen molar-refractivity contribution in [1.29, 1.82) is 0 Å². The van der Waals surface area contributed by atoms with E-state index in [4.69, 9.17) is 15.3 Å². The molecule has 0 aliphatic rings. The van der Waals surface area contributed by atoms with Crippen LogP contribution in [0.1, 0.15) is 48.3 Å². The van der Waals surface area contributed by atoms with Crippen molar-refractivity contribution in [3.05, 3.63) is 47.7 Å². The van der Waals surface area contributed by atoms with Crippen LogP contribution in [-0.2, 0) is 16.6 Å². The minimum absolute atomic E-state index is 0.0165. The lowest BCUT2D eigenvalue weighted by Gasteiger charge is -2.09. The quantitative estimate of drug-likeness (QED) is 0.674. The number of nitrogens with zero attached hydrogens (tertiary/aromatic N) is 1. The molecular weight excluding hydrogens is 344 g/mol. The van der Waals surface area contributed by atoms with E-state index in [-0.39, 0.29) is 23.2 Å². The summed E-state index contributed by atoms with van der Waals surface area (Å²) < 4.78 is 27.7. The van der Waals surface area contributed by atoms with Crippen LogP contribution in [0.5, 0.6) is 0 Å². The number of sulfonamides is 1. The summed E-state index contributed by atoms with van der Waals surface area (Å²) in [6.07, 6.45) is 1.98. The van der Waals surface area contributed by atoms with Crippen molar-refractivity contribution in [2.24, 2.45) is 16.8 Å². The van der Waals surface area contributed by atoms with E-state index in [1.54, 1.807) is 12.1 Å². The maximum Gasteiger partial charge on any atom is 0.273 e. The van der Waals surface area contributed by atoms with Gasteiger partial charge in [0.15, 0.2) is 5.69 Å². The third-order valence-corrected chi connectivity index (χ3v) is 4.43. The Bertz CT molecular complexity index is 828. The first-order chi connectivity index (χ1) is 11.7. The zero-order chi connectivity index (χ0) is 18.6. The van der Waals surface area contributed by atoms with E-state index in [1.807, 2.05) is 13.8 Å². The standard InChI is InChI=1S/C16H22N4O4S/c1-10(2)7-13(17)16-20-14(9-24-16)15(21)19-8-11-3-5-12(6-4-11)25(18,22)23/h3-6,9-10,13H,7-8,17H2,1-2H3,(H,19,21)(H2,18,22,23). The lowest BCUT2D eigenvalue weighted by molar-refractivity contribution is 0.0946. The molecule has 1 atom stereocenters. The van der Waals surface area contributed by atoms with Gasteiger partial charge in [-0.2, -0.15) is 0 Å². The smallest absolute Gasteiger partial charge is 0.273 e. The number of nitrogens with one attached hydrogen (secondary N) is 1. The molecule has 136 valence electrons. The van der Waals surface area contributed by atoms with Crippen LogP contribution in [0.4, 0.5) is 0 Å². The molecule has 0 saturated carbocycles. The van der Waals surface area contributed by atoms with E-state index in [0.717, 1.165) is 5.56 Å². The van der Waals surface area contributed by atoms with Crippen LogP contribution >= 0.6 is 0 Å². The minimum atomic E-state index is -3.73. The zero-order valence-electron chi connectivity index (χ0n) is 14.1. The Morgan fingerprint density at radius 3 is 2.48 bits per heavy atom. The van der Waals surface area contributed by atoms with Crippen molar-refractivity contribution in [3.63, 3.8) is 0 Å². The van der Waals surface area contributed by atoms with E-state index in [1.165, 1.54) is 18.4 Å². The predicted molar refractivity (Wildman–Crippen MR) is 91.9 cm³/mol. The number of nitrogens with two attached hydrogens (primary N) is 2. The Labute approximate surface area is 146 Å². The minimum Gasteiger partial charge on any atom is -0.446 e. The zero-order valence-corrected chi connectivity index (χ0v) is 14.9. The molecule has 0 radical (unpaired) electrons. The maximum absolute atomic E-state index is 12.1. The van der Waals surface area contributed by atoms with Crippen molar-refractivity contribution >= 4 is 15.9 Å². The number of carbonyl (C=O) groups excluding carboxylic acids is 1. The van der Waals surface area contributed by atoms with E-state index >= 15 is 0 Å². The molecule has 1 unspecified atom stereocenters. The summed E-state index contributed by atoms with van der Waals surface area (Å²) in [4.78, 5) is 16.3. The van der Waals surface area contributed by atoms with Crippen LogP contribution in [0, 0.1) is 5.92 Å². The Kier molecular flexibility index (Phi) is 5.93. The van der Waals surface area contributed by atoms with E-state index in [0.29, 0.717) is 18.2 Å². The Morgan fingerprint density at radius 1 is 1.28 bits per heavy atom. The van der Waals surface area contributed by atoms with Crippen molar-refractivity contribution in [1.82, 2.24) is 10.3 Å². The van der Waals surface area contributed by atoms with Crippen molar-refractivity contribution < 1.29 is 17.6 Å². The number of oxazole rings is 1. The van der Waals surface area contributed by atoms with Crippen molar-refractivity contribution in [3.8, 4) is 0 Å². The summed E-state index contributed by atoms with van der Waals surface area (Å²) in [5.41, 5.74) is 6.85. The molecule has 1 heterocycles. The molecule has 2 aromatic rings. The SMILES string of the molecule is CC(C)CC(N)c1nc(C(=O)NCc2ccc(S(N)(=O)=O)cc2)co1. The van der Waals surface area contributed by atoms with Crippen LogP contribution in [0.25, 0.3) is 0 Å². The topological polar surface area (TPSA) is 141 Å². The van der Waals surface area contributed by atoms with Gasteiger partial charge < -0.3 is 15.5 Å². The number of amides is 1. The summed E-state index contributed by atoms with van der Waals surface area (Å²) in [6, 6.07) is 5.57. The number of hydrogen-bond donors (Lipinski definition) is 3. The fourth-order valence-electron chi connectivity index (χ4n) is 2.24. The van der Waals surface area contributed by atoms with E-state index in [9.17, 15) is 13.2 Å². The fraction of sp³-hybridized carbons (Fsp3) is 0.375. The van der Waals surface area contributed by atoms with Gasteiger partial charge in [-0.15, -0.1) is 0 Å². The highest BCUT2D eigenvalue weighted by Gasteiger charge is 2.18. The number of hydrogen-bond acceptors (Lipinski definition) is 6. The number of aromatic nitrogens is 1. The monoisotopic (exact) mass is 366 g/mol. The fourth-order valence-corrected chi connectivity index (χ4v) is 2.76. The van der Waals surface area contributed by atoms with Crippen LogP contribution in [0.2, 0.25) is 0 Å². The van der Waals surface area contributed by atoms with Gasteiger partial charge in [0.1, 0.15) is 6.26 Å². The Morgan fingerprint density at radius 2 is 1.92 bits per heavy atom. The van der Waals surface area contributed by atoms with Crippen LogP contribution in [-0.4, -0.2) is 19.3 Å². The van der Waals surface area contributed by atoms with Crippen molar-refractivity contribution in [2.45, 2.75) is 37.8 Å². The summed E-state index contributed by atoms with van der Waals surface area (Å²) in [6.45, 7) is 4.29. The molecule has 5 N–H and O–H groups in total. The molecule has 25 heavy (non-hydrogen) atoms. The Balaban J connectivity index is 1.95. The average molecular weight is 366 g/mol. The van der Waals surface area contributed by atoms with Gasteiger partial charge in [0.05, 0.1) is 10.9 Å².